The van der Waals surface area contributed by atoms with Gasteiger partial charge in [0.25, 0.3) is 0 Å². The number of hydrogen-bond acceptors (Lipinski definition) is 2. The first-order chi connectivity index (χ1) is 7.47. The van der Waals surface area contributed by atoms with Crippen LogP contribution in [0.15, 0.2) is 0 Å². The topological polar surface area (TPSA) is 55.1 Å². The van der Waals surface area contributed by atoms with Gasteiger partial charge in [-0.1, -0.05) is 53.8 Å². The maximum atomic E-state index is 11.8. The molecule has 1 unspecified atom stereocenters. The normalized spacial score (nSPS) is 14.2. The highest BCUT2D eigenvalue weighted by Crippen LogP contribution is 2.27. The summed E-state index contributed by atoms with van der Waals surface area (Å²) in [6.07, 6.45) is 0.539. The molecule has 100 valence electrons. The van der Waals surface area contributed by atoms with Crippen molar-refractivity contribution in [1.29, 1.82) is 0 Å². The average Bonchev–Trinajstić information content (AvgIpc) is 2.13. The molecule has 1 atom stereocenters. The molecular weight excluding hydrogens is 232 g/mol. The van der Waals surface area contributed by atoms with Crippen LogP contribution in [0.5, 0.6) is 0 Å². The Kier molecular flexibility index (Phi) is 5.59. The summed E-state index contributed by atoms with van der Waals surface area (Å²) in [5.41, 5.74) is 5.43. The average molecular weight is 258 g/mol. The summed E-state index contributed by atoms with van der Waals surface area (Å²) in [6, 6.07) is 0. The van der Waals surface area contributed by atoms with E-state index in [0.717, 1.165) is 0 Å². The molecule has 0 fully saturated rings. The van der Waals surface area contributed by atoms with Crippen LogP contribution in [0.2, 0.25) is 0 Å². The molecule has 17 heavy (non-hydrogen) atoms. The molecule has 0 aliphatic carbocycles. The summed E-state index contributed by atoms with van der Waals surface area (Å²) in [5, 5.41) is 2.90. The Labute approximate surface area is 111 Å². The van der Waals surface area contributed by atoms with E-state index in [9.17, 15) is 4.79 Å². The van der Waals surface area contributed by atoms with E-state index in [0.29, 0.717) is 23.9 Å². The van der Waals surface area contributed by atoms with Crippen LogP contribution in [-0.2, 0) is 4.79 Å². The number of nitrogens with two attached hydrogens (primary N) is 1. The lowest BCUT2D eigenvalue weighted by Gasteiger charge is -2.28. The highest BCUT2D eigenvalue weighted by atomic mass is 32.1. The largest absolute Gasteiger partial charge is 0.393 e. The van der Waals surface area contributed by atoms with Crippen molar-refractivity contribution < 1.29 is 4.79 Å². The van der Waals surface area contributed by atoms with Crippen LogP contribution in [0.25, 0.3) is 0 Å². The summed E-state index contributed by atoms with van der Waals surface area (Å²) in [4.78, 5) is 12.2. The van der Waals surface area contributed by atoms with Crippen molar-refractivity contribution >= 4 is 23.1 Å². The summed E-state index contributed by atoms with van der Waals surface area (Å²) >= 11 is 4.96. The van der Waals surface area contributed by atoms with Crippen molar-refractivity contribution in [1.82, 2.24) is 5.32 Å². The van der Waals surface area contributed by atoms with Crippen molar-refractivity contribution in [2.45, 2.75) is 48.0 Å². The fourth-order valence-corrected chi connectivity index (χ4v) is 1.14. The minimum atomic E-state index is -0.323. The van der Waals surface area contributed by atoms with Crippen molar-refractivity contribution in [3.05, 3.63) is 0 Å². The first kappa shape index (κ1) is 16.4. The van der Waals surface area contributed by atoms with Gasteiger partial charge in [-0.05, 0) is 11.3 Å². The Morgan fingerprint density at radius 2 is 1.76 bits per heavy atom. The van der Waals surface area contributed by atoms with Gasteiger partial charge in [-0.2, -0.15) is 0 Å². The van der Waals surface area contributed by atoms with Crippen molar-refractivity contribution in [3.8, 4) is 0 Å². The first-order valence-electron chi connectivity index (χ1n) is 6.03. The van der Waals surface area contributed by atoms with Gasteiger partial charge in [0.1, 0.15) is 0 Å². The lowest BCUT2D eigenvalue weighted by molar-refractivity contribution is -0.122. The summed E-state index contributed by atoms with van der Waals surface area (Å²) in [5.74, 6) is 0.409. The number of thiocarbonyl (C=S) groups is 1. The second kappa shape index (κ2) is 5.80. The molecule has 3 nitrogen and oxygen atoms in total. The second-order valence-electron chi connectivity index (χ2n) is 6.50. The van der Waals surface area contributed by atoms with E-state index in [-0.39, 0.29) is 16.7 Å². The molecule has 3 N–H and O–H groups in total. The molecule has 0 aliphatic heterocycles. The van der Waals surface area contributed by atoms with E-state index in [1.807, 2.05) is 13.8 Å². The molecule has 0 aromatic rings. The molecule has 0 saturated heterocycles. The van der Waals surface area contributed by atoms with Crippen LogP contribution in [0, 0.1) is 16.7 Å². The quantitative estimate of drug-likeness (QED) is 0.745. The highest BCUT2D eigenvalue weighted by Gasteiger charge is 2.25. The molecule has 0 rings (SSSR count). The van der Waals surface area contributed by atoms with Gasteiger partial charge >= 0.3 is 0 Å². The predicted molar refractivity (Wildman–Crippen MR) is 76.8 cm³/mol. The minimum Gasteiger partial charge on any atom is -0.393 e. The van der Waals surface area contributed by atoms with Crippen LogP contribution < -0.4 is 11.1 Å². The first-order valence-corrected chi connectivity index (χ1v) is 6.44. The molecule has 0 spiro atoms. The van der Waals surface area contributed by atoms with E-state index >= 15 is 0 Å². The third-order valence-electron chi connectivity index (χ3n) is 3.36. The maximum Gasteiger partial charge on any atom is 0.220 e. The molecule has 0 bridgehead atoms. The van der Waals surface area contributed by atoms with E-state index in [1.54, 1.807) is 0 Å². The monoisotopic (exact) mass is 258 g/mol. The fraction of sp³-hybridized carbons (Fsp3) is 0.846. The third kappa shape index (κ3) is 6.01. The van der Waals surface area contributed by atoms with Crippen molar-refractivity contribution in [3.63, 3.8) is 0 Å². The Hall–Kier alpha value is -0.640. The van der Waals surface area contributed by atoms with Crippen LogP contribution in [0.3, 0.4) is 0 Å². The maximum absolute atomic E-state index is 11.8. The Bertz CT molecular complexity index is 292. The molecule has 0 aliphatic rings. The lowest BCUT2D eigenvalue weighted by atomic mass is 9.80. The fourth-order valence-electron chi connectivity index (χ4n) is 1.06. The van der Waals surface area contributed by atoms with Gasteiger partial charge in [-0.15, -0.1) is 0 Å². The zero-order valence-electron chi connectivity index (χ0n) is 11.9. The number of amides is 1. The van der Waals surface area contributed by atoms with Crippen LogP contribution in [0.1, 0.15) is 48.0 Å². The van der Waals surface area contributed by atoms with E-state index in [1.165, 1.54) is 0 Å². The predicted octanol–water partition coefficient (Wildman–Crippen LogP) is 2.49. The number of carbonyl (C=O) groups is 1. The minimum absolute atomic E-state index is 0.0664. The summed E-state index contributed by atoms with van der Waals surface area (Å²) in [6.45, 7) is 12.9. The molecule has 0 saturated carbocycles. The van der Waals surface area contributed by atoms with Crippen molar-refractivity contribution in [2.75, 3.05) is 6.54 Å². The van der Waals surface area contributed by atoms with Crippen LogP contribution in [0.4, 0.5) is 0 Å². The van der Waals surface area contributed by atoms with Gasteiger partial charge in [-0.25, -0.2) is 0 Å². The van der Waals surface area contributed by atoms with Gasteiger partial charge < -0.3 is 11.1 Å². The van der Waals surface area contributed by atoms with E-state index < -0.39 is 0 Å². The van der Waals surface area contributed by atoms with E-state index in [2.05, 4.69) is 33.0 Å². The van der Waals surface area contributed by atoms with Crippen LogP contribution >= 0.6 is 12.2 Å². The number of hydrogen-bond donors (Lipinski definition) is 2. The third-order valence-corrected chi connectivity index (χ3v) is 3.92. The lowest BCUT2D eigenvalue weighted by Crippen LogP contribution is -2.42. The zero-order valence-corrected chi connectivity index (χ0v) is 12.7. The summed E-state index contributed by atoms with van der Waals surface area (Å²) < 4.78 is 0. The van der Waals surface area contributed by atoms with Gasteiger partial charge in [0.15, 0.2) is 0 Å². The molecule has 0 radical (unpaired) electrons. The standard InChI is InChI=1S/C13H26N2OS/c1-9(12(2,3)4)7-10(16)15-8-13(5,6)11(14)17/h9H,7-8H2,1-6H3,(H2,14,17)(H,15,16). The second-order valence-corrected chi connectivity index (χ2v) is 6.94. The van der Waals surface area contributed by atoms with Gasteiger partial charge in [0.05, 0.1) is 4.99 Å². The van der Waals surface area contributed by atoms with Gasteiger partial charge in [0, 0.05) is 18.4 Å². The molecule has 0 aromatic heterocycles. The molecular formula is C13H26N2OS. The zero-order chi connectivity index (χ0) is 13.9. The SMILES string of the molecule is CC(CC(=O)NCC(C)(C)C(N)=S)C(C)(C)C. The molecule has 4 heteroatoms. The molecule has 0 aromatic carbocycles. The Balaban J connectivity index is 4.18. The Morgan fingerprint density at radius 3 is 2.12 bits per heavy atom. The summed E-state index contributed by atoms with van der Waals surface area (Å²) in [7, 11) is 0. The Morgan fingerprint density at radius 1 is 1.29 bits per heavy atom. The molecule has 0 heterocycles. The highest BCUT2D eigenvalue weighted by molar-refractivity contribution is 7.80. The number of nitrogens with one attached hydrogen (secondary N) is 1. The van der Waals surface area contributed by atoms with Crippen LogP contribution in [-0.4, -0.2) is 17.4 Å². The smallest absolute Gasteiger partial charge is 0.220 e. The van der Waals surface area contributed by atoms with Gasteiger partial charge in [0.2, 0.25) is 5.91 Å². The van der Waals surface area contributed by atoms with E-state index in [4.69, 9.17) is 18.0 Å². The molecule has 1 amide bonds. The number of carbonyl (C=O) groups excluding carboxylic acids is 1. The number of rotatable bonds is 5. The van der Waals surface area contributed by atoms with Gasteiger partial charge in [-0.3, -0.25) is 4.79 Å². The van der Waals surface area contributed by atoms with Crippen molar-refractivity contribution in [2.24, 2.45) is 22.5 Å².